The van der Waals surface area contributed by atoms with E-state index in [-0.39, 0.29) is 5.56 Å². The Kier molecular flexibility index (Phi) is 4.27. The van der Waals surface area contributed by atoms with Crippen LogP contribution in [0.2, 0.25) is 0 Å². The summed E-state index contributed by atoms with van der Waals surface area (Å²) in [5.74, 6) is 0.761. The van der Waals surface area contributed by atoms with Crippen LogP contribution in [0.4, 0.5) is 0 Å². The van der Waals surface area contributed by atoms with Gasteiger partial charge in [0.15, 0.2) is 0 Å². The molecule has 0 radical (unpaired) electrons. The van der Waals surface area contributed by atoms with Crippen molar-refractivity contribution in [2.45, 2.75) is 32.2 Å². The highest BCUT2D eigenvalue weighted by Gasteiger charge is 2.13. The first-order valence-corrected chi connectivity index (χ1v) is 7.99. The maximum absolute atomic E-state index is 12.0. The summed E-state index contributed by atoms with van der Waals surface area (Å²) < 4.78 is 10.1. The van der Waals surface area contributed by atoms with Crippen molar-refractivity contribution in [1.82, 2.24) is 9.20 Å². The van der Waals surface area contributed by atoms with E-state index in [0.29, 0.717) is 0 Å². The first-order chi connectivity index (χ1) is 9.74. The van der Waals surface area contributed by atoms with Crippen LogP contribution in [-0.2, 0) is 11.3 Å². The molecule has 5 heteroatoms. The summed E-state index contributed by atoms with van der Waals surface area (Å²) in [5, 5.41) is 0. The summed E-state index contributed by atoms with van der Waals surface area (Å²) in [6.45, 7) is 2.57. The summed E-state index contributed by atoms with van der Waals surface area (Å²) in [7, 11) is 0. The second-order valence-corrected chi connectivity index (χ2v) is 6.34. The smallest absolute Gasteiger partial charge is 0.267 e. The quantitative estimate of drug-likeness (QED) is 0.858. The molecule has 1 aliphatic rings. The van der Waals surface area contributed by atoms with Gasteiger partial charge in [-0.2, -0.15) is 0 Å². The fourth-order valence-electron chi connectivity index (χ4n) is 2.89. The molecule has 0 aliphatic carbocycles. The third kappa shape index (κ3) is 2.99. The predicted octanol–water partition coefficient (Wildman–Crippen LogP) is 3.07. The SMILES string of the molecule is O=c1cc2ccc(Br)cn2n1CCCC1CCOCC1. The second kappa shape index (κ2) is 6.14. The topological polar surface area (TPSA) is 35.6 Å². The van der Waals surface area contributed by atoms with Crippen LogP contribution >= 0.6 is 15.9 Å². The molecule has 0 bridgehead atoms. The molecule has 1 aliphatic heterocycles. The summed E-state index contributed by atoms with van der Waals surface area (Å²) in [6, 6.07) is 5.61. The van der Waals surface area contributed by atoms with Crippen molar-refractivity contribution in [2.75, 3.05) is 13.2 Å². The van der Waals surface area contributed by atoms with E-state index in [2.05, 4.69) is 15.9 Å². The van der Waals surface area contributed by atoms with Crippen molar-refractivity contribution in [3.8, 4) is 0 Å². The Labute approximate surface area is 126 Å². The number of aryl methyl sites for hydroxylation is 1. The zero-order valence-electron chi connectivity index (χ0n) is 11.4. The van der Waals surface area contributed by atoms with Gasteiger partial charge in [-0.25, -0.2) is 4.68 Å². The van der Waals surface area contributed by atoms with E-state index in [4.69, 9.17) is 4.74 Å². The first-order valence-electron chi connectivity index (χ1n) is 7.19. The van der Waals surface area contributed by atoms with Crippen LogP contribution in [0.5, 0.6) is 0 Å². The van der Waals surface area contributed by atoms with E-state index in [0.717, 1.165) is 54.9 Å². The third-order valence-corrected chi connectivity index (χ3v) is 4.50. The lowest BCUT2D eigenvalue weighted by atomic mass is 9.95. The lowest BCUT2D eigenvalue weighted by Crippen LogP contribution is -2.21. The molecule has 3 heterocycles. The van der Waals surface area contributed by atoms with Crippen LogP contribution < -0.4 is 5.56 Å². The van der Waals surface area contributed by atoms with E-state index in [9.17, 15) is 4.79 Å². The molecule has 3 rings (SSSR count). The van der Waals surface area contributed by atoms with E-state index in [1.165, 1.54) is 6.42 Å². The van der Waals surface area contributed by atoms with Crippen molar-refractivity contribution in [1.29, 1.82) is 0 Å². The Morgan fingerprint density at radius 3 is 2.90 bits per heavy atom. The van der Waals surface area contributed by atoms with Gasteiger partial charge in [0.05, 0.1) is 5.52 Å². The highest BCUT2D eigenvalue weighted by molar-refractivity contribution is 9.10. The Morgan fingerprint density at radius 1 is 1.30 bits per heavy atom. The number of nitrogens with zero attached hydrogens (tertiary/aromatic N) is 2. The van der Waals surface area contributed by atoms with Crippen molar-refractivity contribution in [3.05, 3.63) is 39.2 Å². The van der Waals surface area contributed by atoms with E-state index >= 15 is 0 Å². The minimum atomic E-state index is 0.0788. The molecule has 0 atom stereocenters. The fraction of sp³-hybridized carbons (Fsp3) is 0.533. The van der Waals surface area contributed by atoms with Crippen molar-refractivity contribution in [3.63, 3.8) is 0 Å². The molecule has 0 amide bonds. The zero-order valence-corrected chi connectivity index (χ0v) is 13.0. The Bertz CT molecular complexity index is 641. The monoisotopic (exact) mass is 338 g/mol. The molecule has 2 aromatic heterocycles. The number of hydrogen-bond donors (Lipinski definition) is 0. The van der Waals surface area contributed by atoms with Gasteiger partial charge in [-0.15, -0.1) is 0 Å². The second-order valence-electron chi connectivity index (χ2n) is 5.42. The Hall–Kier alpha value is -1.07. The van der Waals surface area contributed by atoms with Crippen molar-refractivity contribution < 1.29 is 4.74 Å². The zero-order chi connectivity index (χ0) is 13.9. The van der Waals surface area contributed by atoms with Gasteiger partial charge in [-0.3, -0.25) is 9.31 Å². The molecule has 1 fully saturated rings. The Morgan fingerprint density at radius 2 is 2.10 bits per heavy atom. The van der Waals surface area contributed by atoms with Gasteiger partial charge in [0.1, 0.15) is 0 Å². The molecule has 0 saturated carbocycles. The van der Waals surface area contributed by atoms with Gasteiger partial charge in [0.25, 0.3) is 5.56 Å². The van der Waals surface area contributed by atoms with E-state index in [1.54, 1.807) is 6.07 Å². The van der Waals surface area contributed by atoms with Gasteiger partial charge in [-0.1, -0.05) is 0 Å². The number of rotatable bonds is 4. The van der Waals surface area contributed by atoms with Gasteiger partial charge in [0.2, 0.25) is 0 Å². The Balaban J connectivity index is 1.69. The molecule has 0 spiro atoms. The maximum atomic E-state index is 12.0. The molecule has 2 aromatic rings. The molecule has 1 saturated heterocycles. The highest BCUT2D eigenvalue weighted by Crippen LogP contribution is 2.20. The van der Waals surface area contributed by atoms with Gasteiger partial charge in [0, 0.05) is 36.5 Å². The number of hydrogen-bond acceptors (Lipinski definition) is 2. The van der Waals surface area contributed by atoms with Crippen LogP contribution in [-0.4, -0.2) is 22.4 Å². The van der Waals surface area contributed by atoms with E-state index < -0.39 is 0 Å². The number of fused-ring (bicyclic) bond motifs is 1. The van der Waals surface area contributed by atoms with Gasteiger partial charge in [-0.05, 0) is 59.7 Å². The van der Waals surface area contributed by atoms with Crippen molar-refractivity contribution in [2.24, 2.45) is 5.92 Å². The van der Waals surface area contributed by atoms with Crippen molar-refractivity contribution >= 4 is 21.4 Å². The van der Waals surface area contributed by atoms with Crippen LogP contribution in [0.3, 0.4) is 0 Å². The number of aromatic nitrogens is 2. The third-order valence-electron chi connectivity index (χ3n) is 4.03. The molecule has 0 N–H and O–H groups in total. The molecular formula is C15H19BrN2O2. The largest absolute Gasteiger partial charge is 0.381 e. The molecular weight excluding hydrogens is 320 g/mol. The summed E-state index contributed by atoms with van der Waals surface area (Å²) >= 11 is 3.46. The summed E-state index contributed by atoms with van der Waals surface area (Å²) in [4.78, 5) is 12.0. The summed E-state index contributed by atoms with van der Waals surface area (Å²) in [6.07, 6.45) is 6.50. The van der Waals surface area contributed by atoms with Crippen LogP contribution in [0.15, 0.2) is 33.7 Å². The van der Waals surface area contributed by atoms with Gasteiger partial charge < -0.3 is 4.74 Å². The average molecular weight is 339 g/mol. The van der Waals surface area contributed by atoms with Crippen LogP contribution in [0.1, 0.15) is 25.7 Å². The standard InChI is InChI=1S/C15H19BrN2O2/c16-13-3-4-14-10-15(19)17(18(14)11-13)7-1-2-12-5-8-20-9-6-12/h3-4,10-12H,1-2,5-9H2. The minimum absolute atomic E-state index is 0.0788. The van der Waals surface area contributed by atoms with Crippen LogP contribution in [0, 0.1) is 5.92 Å². The number of halogens is 1. The number of pyridine rings is 1. The number of ether oxygens (including phenoxy) is 1. The highest BCUT2D eigenvalue weighted by atomic mass is 79.9. The molecule has 0 aromatic carbocycles. The molecule has 108 valence electrons. The molecule has 20 heavy (non-hydrogen) atoms. The lowest BCUT2D eigenvalue weighted by Gasteiger charge is -2.21. The summed E-state index contributed by atoms with van der Waals surface area (Å²) in [5.41, 5.74) is 1.03. The molecule has 0 unspecified atom stereocenters. The maximum Gasteiger partial charge on any atom is 0.267 e. The van der Waals surface area contributed by atoms with Crippen LogP contribution in [0.25, 0.3) is 5.52 Å². The first kappa shape index (κ1) is 13.9. The minimum Gasteiger partial charge on any atom is -0.381 e. The van der Waals surface area contributed by atoms with E-state index in [1.807, 2.05) is 27.5 Å². The average Bonchev–Trinajstić information content (AvgIpc) is 2.76. The van der Waals surface area contributed by atoms with Gasteiger partial charge >= 0.3 is 0 Å². The lowest BCUT2D eigenvalue weighted by molar-refractivity contribution is 0.0628. The molecule has 4 nitrogen and oxygen atoms in total. The normalized spacial score (nSPS) is 16.9. The predicted molar refractivity (Wildman–Crippen MR) is 82.1 cm³/mol. The fourth-order valence-corrected chi connectivity index (χ4v) is 3.22.